The van der Waals surface area contributed by atoms with E-state index >= 15 is 0 Å². The first kappa shape index (κ1) is 16.5. The van der Waals surface area contributed by atoms with Crippen LogP contribution in [0.2, 0.25) is 0 Å². The first-order valence-corrected chi connectivity index (χ1v) is 7.28. The number of benzene rings is 1. The highest BCUT2D eigenvalue weighted by atomic mass is 16.5. The Hall–Kier alpha value is -1.55. The van der Waals surface area contributed by atoms with Crippen LogP contribution < -0.4 is 15.8 Å². The van der Waals surface area contributed by atoms with E-state index in [1.54, 1.807) is 0 Å². The summed E-state index contributed by atoms with van der Waals surface area (Å²) in [4.78, 5) is 12.1. The first-order chi connectivity index (χ1) is 9.49. The zero-order valence-electron chi connectivity index (χ0n) is 12.8. The molecule has 1 aromatic carbocycles. The predicted molar refractivity (Wildman–Crippen MR) is 81.6 cm³/mol. The molecule has 0 aromatic heterocycles. The lowest BCUT2D eigenvalue weighted by Crippen LogP contribution is -2.45. The fourth-order valence-corrected chi connectivity index (χ4v) is 1.95. The van der Waals surface area contributed by atoms with Crippen molar-refractivity contribution >= 4 is 5.91 Å². The summed E-state index contributed by atoms with van der Waals surface area (Å²) in [6.45, 7) is 8.55. The summed E-state index contributed by atoms with van der Waals surface area (Å²) in [5.74, 6) is 0.892. The number of nitrogens with two attached hydrogens (primary N) is 1. The molecule has 0 spiro atoms. The van der Waals surface area contributed by atoms with Crippen LogP contribution in [0.3, 0.4) is 0 Å². The second-order valence-corrected chi connectivity index (χ2v) is 5.15. The van der Waals surface area contributed by atoms with Gasteiger partial charge >= 0.3 is 0 Å². The fourth-order valence-electron chi connectivity index (χ4n) is 1.95. The summed E-state index contributed by atoms with van der Waals surface area (Å²) >= 11 is 0. The molecule has 0 saturated heterocycles. The van der Waals surface area contributed by atoms with Crippen LogP contribution in [0.15, 0.2) is 24.3 Å². The molecule has 20 heavy (non-hydrogen) atoms. The summed E-state index contributed by atoms with van der Waals surface area (Å²) in [7, 11) is 0. The maximum absolute atomic E-state index is 12.1. The molecule has 0 heterocycles. The Morgan fingerprint density at radius 2 is 2.05 bits per heavy atom. The SMILES string of the molecule is CCOc1cccc([C@H](C)NC(=O)[C@@H](N)[C@H](C)CC)c1. The van der Waals surface area contributed by atoms with Crippen LogP contribution in [-0.2, 0) is 4.79 Å². The van der Waals surface area contributed by atoms with E-state index in [9.17, 15) is 4.79 Å². The topological polar surface area (TPSA) is 64.3 Å². The van der Waals surface area contributed by atoms with Gasteiger partial charge in [0.2, 0.25) is 5.91 Å². The van der Waals surface area contributed by atoms with Gasteiger partial charge in [0, 0.05) is 0 Å². The van der Waals surface area contributed by atoms with Crippen molar-refractivity contribution in [3.05, 3.63) is 29.8 Å². The summed E-state index contributed by atoms with van der Waals surface area (Å²) < 4.78 is 5.47. The Morgan fingerprint density at radius 3 is 2.65 bits per heavy atom. The molecule has 0 unspecified atom stereocenters. The molecule has 4 nitrogen and oxygen atoms in total. The van der Waals surface area contributed by atoms with Crippen LogP contribution in [0.1, 0.15) is 45.7 Å². The van der Waals surface area contributed by atoms with E-state index in [4.69, 9.17) is 10.5 Å². The highest BCUT2D eigenvalue weighted by Crippen LogP contribution is 2.19. The number of carbonyl (C=O) groups is 1. The van der Waals surface area contributed by atoms with Crippen molar-refractivity contribution in [3.8, 4) is 5.75 Å². The average Bonchev–Trinajstić information content (AvgIpc) is 2.46. The van der Waals surface area contributed by atoms with Gasteiger partial charge in [-0.1, -0.05) is 32.4 Å². The van der Waals surface area contributed by atoms with Crippen LogP contribution in [0.25, 0.3) is 0 Å². The molecule has 0 radical (unpaired) electrons. The second kappa shape index (κ2) is 7.90. The summed E-state index contributed by atoms with van der Waals surface area (Å²) in [6, 6.07) is 7.21. The second-order valence-electron chi connectivity index (χ2n) is 5.15. The van der Waals surface area contributed by atoms with Crippen molar-refractivity contribution in [3.63, 3.8) is 0 Å². The summed E-state index contributed by atoms with van der Waals surface area (Å²) in [5.41, 5.74) is 6.95. The number of hydrogen-bond acceptors (Lipinski definition) is 3. The number of ether oxygens (including phenoxy) is 1. The van der Waals surface area contributed by atoms with Crippen LogP contribution in [0.5, 0.6) is 5.75 Å². The molecule has 0 bridgehead atoms. The maximum atomic E-state index is 12.1. The maximum Gasteiger partial charge on any atom is 0.237 e. The number of carbonyl (C=O) groups excluding carboxylic acids is 1. The van der Waals surface area contributed by atoms with Gasteiger partial charge in [0.1, 0.15) is 5.75 Å². The van der Waals surface area contributed by atoms with Crippen LogP contribution >= 0.6 is 0 Å². The Balaban J connectivity index is 2.68. The molecule has 1 amide bonds. The Morgan fingerprint density at radius 1 is 1.35 bits per heavy atom. The predicted octanol–water partition coefficient (Wildman–Crippen LogP) is 2.64. The highest BCUT2D eigenvalue weighted by molar-refractivity contribution is 5.82. The number of nitrogens with one attached hydrogen (secondary N) is 1. The average molecular weight is 278 g/mol. The fraction of sp³-hybridized carbons (Fsp3) is 0.562. The van der Waals surface area contributed by atoms with Gasteiger partial charge in [-0.15, -0.1) is 0 Å². The molecule has 0 aliphatic heterocycles. The van der Waals surface area contributed by atoms with E-state index in [1.165, 1.54) is 0 Å². The molecule has 0 aliphatic carbocycles. The molecule has 0 aliphatic rings. The van der Waals surface area contributed by atoms with E-state index in [-0.39, 0.29) is 17.9 Å². The molecular formula is C16H26N2O2. The van der Waals surface area contributed by atoms with E-state index in [2.05, 4.69) is 5.32 Å². The van der Waals surface area contributed by atoms with Crippen molar-refractivity contribution < 1.29 is 9.53 Å². The lowest BCUT2D eigenvalue weighted by atomic mass is 9.98. The quantitative estimate of drug-likeness (QED) is 0.806. The summed E-state index contributed by atoms with van der Waals surface area (Å²) in [6.07, 6.45) is 0.892. The third-order valence-electron chi connectivity index (χ3n) is 3.59. The van der Waals surface area contributed by atoms with Crippen molar-refractivity contribution in [2.24, 2.45) is 11.7 Å². The van der Waals surface area contributed by atoms with E-state index < -0.39 is 6.04 Å². The minimum absolute atomic E-state index is 0.0852. The standard InChI is InChI=1S/C16H26N2O2/c1-5-11(3)15(17)16(19)18-12(4)13-8-7-9-14(10-13)20-6-2/h7-12,15H,5-6,17H2,1-4H3,(H,18,19)/t11-,12+,15+/m1/s1. The largest absolute Gasteiger partial charge is 0.494 e. The Labute approximate surface area is 121 Å². The van der Waals surface area contributed by atoms with Crippen molar-refractivity contribution in [1.29, 1.82) is 0 Å². The van der Waals surface area contributed by atoms with Gasteiger partial charge < -0.3 is 15.8 Å². The molecule has 4 heteroatoms. The number of amides is 1. The van der Waals surface area contributed by atoms with Gasteiger partial charge in [0.05, 0.1) is 18.7 Å². The molecule has 1 aromatic rings. The van der Waals surface area contributed by atoms with E-state index in [1.807, 2.05) is 52.0 Å². The third kappa shape index (κ3) is 4.53. The Kier molecular flexibility index (Phi) is 6.52. The third-order valence-corrected chi connectivity index (χ3v) is 3.59. The number of rotatable bonds is 7. The molecule has 3 N–H and O–H groups in total. The minimum Gasteiger partial charge on any atom is -0.494 e. The minimum atomic E-state index is -0.461. The van der Waals surface area contributed by atoms with Crippen LogP contribution in [0.4, 0.5) is 0 Å². The smallest absolute Gasteiger partial charge is 0.237 e. The molecular weight excluding hydrogens is 252 g/mol. The molecule has 112 valence electrons. The van der Waals surface area contributed by atoms with Crippen molar-refractivity contribution in [2.75, 3.05) is 6.61 Å². The van der Waals surface area contributed by atoms with Gasteiger partial charge in [0.25, 0.3) is 0 Å². The van der Waals surface area contributed by atoms with Crippen molar-refractivity contribution in [1.82, 2.24) is 5.32 Å². The summed E-state index contributed by atoms with van der Waals surface area (Å²) in [5, 5.41) is 2.96. The zero-order valence-corrected chi connectivity index (χ0v) is 12.8. The van der Waals surface area contributed by atoms with Gasteiger partial charge in [0.15, 0.2) is 0 Å². The highest BCUT2D eigenvalue weighted by Gasteiger charge is 2.21. The van der Waals surface area contributed by atoms with Gasteiger partial charge in [-0.3, -0.25) is 4.79 Å². The molecule has 1 rings (SSSR count). The van der Waals surface area contributed by atoms with Crippen molar-refractivity contribution in [2.45, 2.75) is 46.2 Å². The number of hydrogen-bond donors (Lipinski definition) is 2. The zero-order chi connectivity index (χ0) is 15.1. The lowest BCUT2D eigenvalue weighted by molar-refractivity contribution is -0.124. The van der Waals surface area contributed by atoms with Crippen LogP contribution in [0, 0.1) is 5.92 Å². The normalized spacial score (nSPS) is 15.2. The van der Waals surface area contributed by atoms with Gasteiger partial charge in [-0.2, -0.15) is 0 Å². The van der Waals surface area contributed by atoms with Crippen LogP contribution in [-0.4, -0.2) is 18.6 Å². The Bertz CT molecular complexity index is 434. The molecule has 0 saturated carbocycles. The van der Waals surface area contributed by atoms with E-state index in [0.29, 0.717) is 6.61 Å². The first-order valence-electron chi connectivity index (χ1n) is 7.28. The monoisotopic (exact) mass is 278 g/mol. The van der Waals surface area contributed by atoms with Gasteiger partial charge in [-0.25, -0.2) is 0 Å². The van der Waals surface area contributed by atoms with Gasteiger partial charge in [-0.05, 0) is 37.5 Å². The molecule has 0 fully saturated rings. The van der Waals surface area contributed by atoms with E-state index in [0.717, 1.165) is 17.7 Å². The lowest BCUT2D eigenvalue weighted by Gasteiger charge is -2.21. The molecule has 3 atom stereocenters.